The molecule has 0 heterocycles. The first-order chi connectivity index (χ1) is 3.92. The normalized spacial score (nSPS) is 11.2. The number of nitrogens with zero attached hydrogens (tertiary/aromatic N) is 1. The second kappa shape index (κ2) is 2.71. The fourth-order valence-electron chi connectivity index (χ4n) is 0.110. The lowest BCUT2D eigenvalue weighted by Crippen LogP contribution is -2.11. The summed E-state index contributed by atoms with van der Waals surface area (Å²) < 4.78 is 30.2. The van der Waals surface area contributed by atoms with Crippen LogP contribution in [0.2, 0.25) is 0 Å². The molecule has 0 amide bonds. The lowest BCUT2D eigenvalue weighted by Gasteiger charge is -1.89. The van der Waals surface area contributed by atoms with Crippen LogP contribution in [-0.4, -0.2) is 24.6 Å². The molecular weight excluding hydrogens is 154 g/mol. The molecule has 9 heavy (non-hydrogen) atoms. The van der Waals surface area contributed by atoms with Crippen LogP contribution in [0, 0.1) is 10.1 Å². The molecule has 0 aromatic carbocycles. The maximum absolute atomic E-state index is 9.56. The Bertz CT molecular complexity index is 191. The zero-order chi connectivity index (χ0) is 7.49. The van der Waals surface area contributed by atoms with Crippen LogP contribution in [0.1, 0.15) is 0 Å². The van der Waals surface area contributed by atoms with Gasteiger partial charge in [-0.15, -0.1) is 0 Å². The van der Waals surface area contributed by atoms with Crippen LogP contribution in [0.3, 0.4) is 0 Å². The fourth-order valence-corrected chi connectivity index (χ4v) is 0.329. The third-order valence-corrected chi connectivity index (χ3v) is 0.710. The van der Waals surface area contributed by atoms with Crippen molar-refractivity contribution in [2.75, 3.05) is 6.73 Å². The van der Waals surface area contributed by atoms with E-state index in [1.807, 2.05) is 0 Å². The standard InChI is InChI=1S/CH3NO6S/c3-2(4)1-8-9(5,6)7/h1H2,(H,5,6,7). The van der Waals surface area contributed by atoms with Crippen LogP contribution in [-0.2, 0) is 14.6 Å². The maximum atomic E-state index is 9.56. The molecule has 0 unspecified atom stereocenters. The van der Waals surface area contributed by atoms with Crippen molar-refractivity contribution in [3.8, 4) is 0 Å². The molecule has 0 aromatic rings. The molecule has 0 rings (SSSR count). The largest absolute Gasteiger partial charge is 0.402 e. The monoisotopic (exact) mass is 157 g/mol. The average molecular weight is 157 g/mol. The van der Waals surface area contributed by atoms with Crippen molar-refractivity contribution in [2.24, 2.45) is 0 Å². The summed E-state index contributed by atoms with van der Waals surface area (Å²) in [7, 11) is -4.66. The summed E-state index contributed by atoms with van der Waals surface area (Å²) in [5.74, 6) is 0. The number of rotatable bonds is 3. The molecule has 7 nitrogen and oxygen atoms in total. The smallest absolute Gasteiger partial charge is 0.263 e. The highest BCUT2D eigenvalue weighted by molar-refractivity contribution is 7.80. The van der Waals surface area contributed by atoms with Crippen molar-refractivity contribution in [3.63, 3.8) is 0 Å². The Labute approximate surface area is 50.3 Å². The van der Waals surface area contributed by atoms with Crippen molar-refractivity contribution in [1.29, 1.82) is 0 Å². The average Bonchev–Trinajstić information content (AvgIpc) is 1.59. The molecule has 0 bridgehead atoms. The molecule has 1 N–H and O–H groups in total. The van der Waals surface area contributed by atoms with Gasteiger partial charge in [0.15, 0.2) is 0 Å². The van der Waals surface area contributed by atoms with Crippen LogP contribution in [0.15, 0.2) is 0 Å². The van der Waals surface area contributed by atoms with Gasteiger partial charge in [0.2, 0.25) is 0 Å². The minimum Gasteiger partial charge on any atom is -0.263 e. The summed E-state index contributed by atoms with van der Waals surface area (Å²) in [5.41, 5.74) is 0. The van der Waals surface area contributed by atoms with Crippen molar-refractivity contribution < 1.29 is 22.1 Å². The van der Waals surface area contributed by atoms with E-state index < -0.39 is 22.1 Å². The van der Waals surface area contributed by atoms with Crippen LogP contribution in [0.4, 0.5) is 0 Å². The second-order valence-electron chi connectivity index (χ2n) is 1.01. The van der Waals surface area contributed by atoms with Gasteiger partial charge in [-0.25, -0.2) is 0 Å². The summed E-state index contributed by atoms with van der Waals surface area (Å²) >= 11 is 0. The van der Waals surface area contributed by atoms with E-state index >= 15 is 0 Å². The van der Waals surface area contributed by atoms with Crippen LogP contribution < -0.4 is 0 Å². The van der Waals surface area contributed by atoms with Gasteiger partial charge in [-0.05, 0) is 0 Å². The zero-order valence-electron chi connectivity index (χ0n) is 4.05. The van der Waals surface area contributed by atoms with Crippen LogP contribution in [0.25, 0.3) is 0 Å². The number of hydrogen-bond acceptors (Lipinski definition) is 5. The van der Waals surface area contributed by atoms with E-state index in [0.717, 1.165) is 0 Å². The van der Waals surface area contributed by atoms with Gasteiger partial charge >= 0.3 is 17.1 Å². The Morgan fingerprint density at radius 2 is 2.11 bits per heavy atom. The molecule has 0 aromatic heterocycles. The lowest BCUT2D eigenvalue weighted by atomic mass is 11.4. The summed E-state index contributed by atoms with van der Waals surface area (Å²) in [4.78, 5) is 8.32. The van der Waals surface area contributed by atoms with E-state index in [1.165, 1.54) is 0 Å². The Kier molecular flexibility index (Phi) is 2.49. The van der Waals surface area contributed by atoms with E-state index in [0.29, 0.717) is 0 Å². The summed E-state index contributed by atoms with van der Waals surface area (Å²) in [6.07, 6.45) is 0. The quantitative estimate of drug-likeness (QED) is 0.244. The molecule has 54 valence electrons. The highest BCUT2D eigenvalue weighted by Gasteiger charge is 2.07. The lowest BCUT2D eigenvalue weighted by molar-refractivity contribution is -0.514. The summed E-state index contributed by atoms with van der Waals surface area (Å²) in [6, 6.07) is 0. The molecule has 0 aliphatic rings. The molecule has 0 saturated carbocycles. The summed E-state index contributed by atoms with van der Waals surface area (Å²) in [5, 5.41) is 9.35. The Balaban J connectivity index is 3.67. The maximum Gasteiger partial charge on any atom is 0.402 e. The molecule has 0 aliphatic heterocycles. The second-order valence-corrected chi connectivity index (χ2v) is 2.10. The Morgan fingerprint density at radius 1 is 1.67 bits per heavy atom. The highest BCUT2D eigenvalue weighted by atomic mass is 32.3. The fraction of sp³-hybridized carbons (Fsp3) is 1.00. The Hall–Kier alpha value is -0.730. The van der Waals surface area contributed by atoms with Gasteiger partial charge < -0.3 is 0 Å². The molecule has 0 radical (unpaired) electrons. The van der Waals surface area contributed by atoms with Gasteiger partial charge in [-0.2, -0.15) is 12.6 Å². The third kappa shape index (κ3) is 7.27. The van der Waals surface area contributed by atoms with Crippen LogP contribution >= 0.6 is 0 Å². The van der Waals surface area contributed by atoms with E-state index in [1.54, 1.807) is 0 Å². The first-order valence-electron chi connectivity index (χ1n) is 1.65. The molecule has 8 heteroatoms. The molecule has 0 atom stereocenters. The molecule has 0 aliphatic carbocycles. The zero-order valence-corrected chi connectivity index (χ0v) is 4.87. The minimum absolute atomic E-state index is 1.03. The molecule has 0 saturated heterocycles. The first-order valence-corrected chi connectivity index (χ1v) is 3.02. The van der Waals surface area contributed by atoms with Gasteiger partial charge in [-0.1, -0.05) is 0 Å². The number of hydrogen-bond donors (Lipinski definition) is 1. The summed E-state index contributed by atoms with van der Waals surface area (Å²) in [6.45, 7) is -1.25. The molecule has 0 spiro atoms. The highest BCUT2D eigenvalue weighted by Crippen LogP contribution is 1.83. The Morgan fingerprint density at radius 3 is 2.22 bits per heavy atom. The minimum atomic E-state index is -4.66. The van der Waals surface area contributed by atoms with Gasteiger partial charge in [0.25, 0.3) is 0 Å². The molecule has 0 fully saturated rings. The van der Waals surface area contributed by atoms with Gasteiger partial charge in [0.05, 0.1) is 4.92 Å². The van der Waals surface area contributed by atoms with E-state index in [-0.39, 0.29) is 0 Å². The van der Waals surface area contributed by atoms with E-state index in [2.05, 4.69) is 4.18 Å². The van der Waals surface area contributed by atoms with Gasteiger partial charge in [-0.3, -0.25) is 14.7 Å². The van der Waals surface area contributed by atoms with Crippen molar-refractivity contribution in [1.82, 2.24) is 0 Å². The van der Waals surface area contributed by atoms with Gasteiger partial charge in [0.1, 0.15) is 0 Å². The van der Waals surface area contributed by atoms with Crippen molar-refractivity contribution >= 4 is 10.4 Å². The SMILES string of the molecule is O=[N+]([O-])COS(=O)(=O)O. The predicted octanol–water partition coefficient (Wildman–Crippen LogP) is -0.960. The third-order valence-electron chi connectivity index (χ3n) is 0.307. The van der Waals surface area contributed by atoms with E-state index in [9.17, 15) is 18.5 Å². The topological polar surface area (TPSA) is 107 Å². The van der Waals surface area contributed by atoms with Crippen molar-refractivity contribution in [2.45, 2.75) is 0 Å². The van der Waals surface area contributed by atoms with Gasteiger partial charge in [0, 0.05) is 0 Å². The van der Waals surface area contributed by atoms with E-state index in [4.69, 9.17) is 4.55 Å². The van der Waals surface area contributed by atoms with Crippen LogP contribution in [0.5, 0.6) is 0 Å². The number of nitro groups is 1. The van der Waals surface area contributed by atoms with Crippen molar-refractivity contribution in [3.05, 3.63) is 10.1 Å². The first kappa shape index (κ1) is 8.27. The predicted molar refractivity (Wildman–Crippen MR) is 24.5 cm³/mol. The molecular formula is CH3NO6S.